The lowest BCUT2D eigenvalue weighted by Gasteiger charge is -2.29. The summed E-state index contributed by atoms with van der Waals surface area (Å²) in [6.45, 7) is 6.16. The molecule has 28 heavy (non-hydrogen) atoms. The summed E-state index contributed by atoms with van der Waals surface area (Å²) in [7, 11) is 0. The summed E-state index contributed by atoms with van der Waals surface area (Å²) in [5.41, 5.74) is 4.03. The molecule has 1 aliphatic rings. The molecule has 1 heterocycles. The molecule has 0 unspecified atom stereocenters. The highest BCUT2D eigenvalue weighted by Gasteiger charge is 2.24. The van der Waals surface area contributed by atoms with Crippen LogP contribution in [-0.2, 0) is 4.79 Å². The molecule has 2 atom stereocenters. The van der Waals surface area contributed by atoms with Gasteiger partial charge in [-0.3, -0.25) is 4.79 Å². The largest absolute Gasteiger partial charge is 0.348 e. The molecular formula is C23H26ClN3O. The molecule has 5 heteroatoms. The molecule has 0 radical (unpaired) electrons. The van der Waals surface area contributed by atoms with Gasteiger partial charge in [0.1, 0.15) is 11.6 Å². The molecule has 1 aromatic carbocycles. The minimum atomic E-state index is -0.280. The lowest BCUT2D eigenvalue weighted by atomic mass is 9.86. The summed E-state index contributed by atoms with van der Waals surface area (Å²) in [6, 6.07) is 11.8. The van der Waals surface area contributed by atoms with Gasteiger partial charge in [0.05, 0.1) is 0 Å². The van der Waals surface area contributed by atoms with Crippen LogP contribution in [0.4, 0.5) is 0 Å². The first-order valence-electron chi connectivity index (χ1n) is 9.78. The molecule has 0 aliphatic heterocycles. The molecule has 1 aliphatic carbocycles. The number of benzene rings is 1. The molecule has 0 bridgehead atoms. The first kappa shape index (κ1) is 20.2. The van der Waals surface area contributed by atoms with Gasteiger partial charge in [-0.25, -0.2) is 0 Å². The van der Waals surface area contributed by atoms with Crippen molar-refractivity contribution in [2.75, 3.05) is 0 Å². The van der Waals surface area contributed by atoms with Crippen LogP contribution in [0.5, 0.6) is 0 Å². The van der Waals surface area contributed by atoms with Gasteiger partial charge >= 0.3 is 0 Å². The van der Waals surface area contributed by atoms with Crippen LogP contribution in [-0.4, -0.2) is 16.5 Å². The molecule has 2 aromatic rings. The van der Waals surface area contributed by atoms with E-state index in [-0.39, 0.29) is 17.5 Å². The molecule has 0 spiro atoms. The van der Waals surface area contributed by atoms with E-state index in [1.807, 2.05) is 44.2 Å². The number of aromatic nitrogens is 1. The number of rotatable bonds is 4. The Morgan fingerprint density at radius 3 is 2.57 bits per heavy atom. The Bertz CT molecular complexity index is 934. The van der Waals surface area contributed by atoms with Gasteiger partial charge in [0, 0.05) is 28.1 Å². The Morgan fingerprint density at radius 1 is 1.25 bits per heavy atom. The van der Waals surface area contributed by atoms with Crippen molar-refractivity contribution in [1.82, 2.24) is 9.88 Å². The zero-order valence-electron chi connectivity index (χ0n) is 16.6. The SMILES string of the molecule is Cc1cc(/C=C(\C#N)C(=O)N[C@@H]2CCCC[C@H]2C)c(C)n1-c1ccc(Cl)cc1. The van der Waals surface area contributed by atoms with Crippen molar-refractivity contribution in [3.05, 3.63) is 57.9 Å². The van der Waals surface area contributed by atoms with Crippen molar-refractivity contribution in [2.24, 2.45) is 5.92 Å². The van der Waals surface area contributed by atoms with Gasteiger partial charge in [-0.1, -0.05) is 31.4 Å². The Labute approximate surface area is 171 Å². The fraction of sp³-hybridized carbons (Fsp3) is 0.391. The van der Waals surface area contributed by atoms with Crippen LogP contribution >= 0.6 is 11.6 Å². The van der Waals surface area contributed by atoms with Crippen molar-refractivity contribution >= 4 is 23.6 Å². The second kappa shape index (κ2) is 8.67. The van der Waals surface area contributed by atoms with Gasteiger partial charge in [0.25, 0.3) is 5.91 Å². The van der Waals surface area contributed by atoms with E-state index < -0.39 is 0 Å². The smallest absolute Gasteiger partial charge is 0.262 e. The molecule has 4 nitrogen and oxygen atoms in total. The third-order valence-electron chi connectivity index (χ3n) is 5.65. The van der Waals surface area contributed by atoms with Gasteiger partial charge in [-0.2, -0.15) is 5.26 Å². The maximum atomic E-state index is 12.7. The van der Waals surface area contributed by atoms with Crippen molar-refractivity contribution in [2.45, 2.75) is 52.5 Å². The number of aryl methyl sites for hydroxylation is 1. The average Bonchev–Trinajstić information content (AvgIpc) is 2.95. The van der Waals surface area contributed by atoms with Crippen LogP contribution in [0.1, 0.15) is 49.6 Å². The standard InChI is InChI=1S/C23H26ClN3O/c1-15-6-4-5-7-22(15)26-23(28)19(14-25)13-18-12-16(2)27(17(18)3)21-10-8-20(24)9-11-21/h8-13,15,22H,4-7H2,1-3H3,(H,26,28)/b19-13+/t15-,22-/m1/s1. The van der Waals surface area contributed by atoms with E-state index in [4.69, 9.17) is 11.6 Å². The fourth-order valence-corrected chi connectivity index (χ4v) is 4.13. The molecule has 1 amide bonds. The van der Waals surface area contributed by atoms with Crippen LogP contribution in [0.2, 0.25) is 5.02 Å². The van der Waals surface area contributed by atoms with Crippen molar-refractivity contribution in [1.29, 1.82) is 5.26 Å². The second-order valence-corrected chi connectivity index (χ2v) is 8.09. The van der Waals surface area contributed by atoms with Gasteiger partial charge in [-0.15, -0.1) is 0 Å². The summed E-state index contributed by atoms with van der Waals surface area (Å²) in [6.07, 6.45) is 6.14. The maximum absolute atomic E-state index is 12.7. The summed E-state index contributed by atoms with van der Waals surface area (Å²) in [5.74, 6) is 0.171. The maximum Gasteiger partial charge on any atom is 0.262 e. The summed E-state index contributed by atoms with van der Waals surface area (Å²) < 4.78 is 2.10. The molecule has 0 saturated heterocycles. The monoisotopic (exact) mass is 395 g/mol. The quantitative estimate of drug-likeness (QED) is 0.560. The zero-order valence-corrected chi connectivity index (χ0v) is 17.4. The summed E-state index contributed by atoms with van der Waals surface area (Å²) in [5, 5.41) is 13.3. The van der Waals surface area contributed by atoms with E-state index in [0.29, 0.717) is 10.9 Å². The van der Waals surface area contributed by atoms with E-state index >= 15 is 0 Å². The molecule has 1 N–H and O–H groups in total. The summed E-state index contributed by atoms with van der Waals surface area (Å²) in [4.78, 5) is 12.7. The average molecular weight is 396 g/mol. The van der Waals surface area contributed by atoms with E-state index in [1.54, 1.807) is 6.08 Å². The van der Waals surface area contributed by atoms with Gasteiger partial charge < -0.3 is 9.88 Å². The van der Waals surface area contributed by atoms with Gasteiger partial charge in [0.2, 0.25) is 0 Å². The van der Waals surface area contributed by atoms with Crippen molar-refractivity contribution in [3.63, 3.8) is 0 Å². The Kier molecular flexibility index (Phi) is 6.26. The molecular weight excluding hydrogens is 370 g/mol. The van der Waals surface area contributed by atoms with Crippen LogP contribution in [0.3, 0.4) is 0 Å². The predicted molar refractivity (Wildman–Crippen MR) is 113 cm³/mol. The molecule has 3 rings (SSSR count). The lowest BCUT2D eigenvalue weighted by Crippen LogP contribution is -2.41. The van der Waals surface area contributed by atoms with Crippen molar-refractivity contribution in [3.8, 4) is 11.8 Å². The van der Waals surface area contributed by atoms with Gasteiger partial charge in [0.15, 0.2) is 0 Å². The number of nitrogens with zero attached hydrogens (tertiary/aromatic N) is 2. The Morgan fingerprint density at radius 2 is 1.93 bits per heavy atom. The Balaban J connectivity index is 1.86. The first-order chi connectivity index (χ1) is 13.4. The fourth-order valence-electron chi connectivity index (χ4n) is 4.00. The lowest BCUT2D eigenvalue weighted by molar-refractivity contribution is -0.118. The summed E-state index contributed by atoms with van der Waals surface area (Å²) >= 11 is 6.00. The zero-order chi connectivity index (χ0) is 20.3. The van der Waals surface area contributed by atoms with Crippen LogP contribution in [0.25, 0.3) is 11.8 Å². The van der Waals surface area contributed by atoms with E-state index in [9.17, 15) is 10.1 Å². The number of hydrogen-bond acceptors (Lipinski definition) is 2. The highest BCUT2D eigenvalue weighted by Crippen LogP contribution is 2.26. The van der Waals surface area contributed by atoms with E-state index in [0.717, 1.165) is 41.9 Å². The van der Waals surface area contributed by atoms with Crippen LogP contribution in [0, 0.1) is 31.1 Å². The predicted octanol–water partition coefficient (Wildman–Crippen LogP) is 5.35. The molecule has 146 valence electrons. The third-order valence-corrected chi connectivity index (χ3v) is 5.90. The molecule has 1 fully saturated rings. The number of halogens is 1. The van der Waals surface area contributed by atoms with Crippen LogP contribution in [0.15, 0.2) is 35.9 Å². The number of nitriles is 1. The number of nitrogens with one attached hydrogen (secondary N) is 1. The topological polar surface area (TPSA) is 57.8 Å². The minimum Gasteiger partial charge on any atom is -0.348 e. The van der Waals surface area contributed by atoms with E-state index in [2.05, 4.69) is 22.9 Å². The first-order valence-corrected chi connectivity index (χ1v) is 10.2. The molecule has 1 saturated carbocycles. The van der Waals surface area contributed by atoms with Crippen molar-refractivity contribution < 1.29 is 4.79 Å². The van der Waals surface area contributed by atoms with Gasteiger partial charge in [-0.05, 0) is 74.6 Å². The number of carbonyl (C=O) groups is 1. The van der Waals surface area contributed by atoms with Crippen LogP contribution < -0.4 is 5.32 Å². The highest BCUT2D eigenvalue weighted by molar-refractivity contribution is 6.30. The number of amides is 1. The number of hydrogen-bond donors (Lipinski definition) is 1. The second-order valence-electron chi connectivity index (χ2n) is 7.65. The highest BCUT2D eigenvalue weighted by atomic mass is 35.5. The minimum absolute atomic E-state index is 0.147. The van der Waals surface area contributed by atoms with E-state index in [1.165, 1.54) is 6.42 Å². The molecule has 1 aromatic heterocycles. The third kappa shape index (κ3) is 4.31. The normalized spacial score (nSPS) is 19.9. The Hall–Kier alpha value is -2.51. The number of carbonyl (C=O) groups excluding carboxylic acids is 1.